The molecule has 4 nitrogen and oxygen atoms in total. The molecule has 2 rings (SSSR count). The number of hydrogen-bond acceptors (Lipinski definition) is 3. The molecule has 0 spiro atoms. The van der Waals surface area contributed by atoms with Gasteiger partial charge in [0, 0.05) is 32.5 Å². The van der Waals surface area contributed by atoms with Crippen molar-refractivity contribution in [1.82, 2.24) is 4.90 Å². The predicted octanol–water partition coefficient (Wildman–Crippen LogP) is 1.70. The fourth-order valence-electron chi connectivity index (χ4n) is 2.41. The van der Waals surface area contributed by atoms with Gasteiger partial charge in [-0.1, -0.05) is 18.2 Å². The van der Waals surface area contributed by atoms with Gasteiger partial charge in [-0.3, -0.25) is 4.79 Å². The van der Waals surface area contributed by atoms with E-state index >= 15 is 0 Å². The van der Waals surface area contributed by atoms with E-state index in [0.717, 1.165) is 38.2 Å². The molecule has 104 valence electrons. The van der Waals surface area contributed by atoms with Gasteiger partial charge in [-0.2, -0.15) is 0 Å². The Morgan fingerprint density at radius 2 is 2.05 bits per heavy atom. The normalized spacial score (nSPS) is 16.3. The number of nitrogen functional groups attached to an aromatic ring is 1. The largest absolute Gasteiger partial charge is 0.398 e. The summed E-state index contributed by atoms with van der Waals surface area (Å²) in [6.07, 6.45) is 2.47. The molecule has 0 atom stereocenters. The third-order valence-corrected chi connectivity index (χ3v) is 3.70. The topological polar surface area (TPSA) is 55.6 Å². The summed E-state index contributed by atoms with van der Waals surface area (Å²) in [6, 6.07) is 7.54. The summed E-state index contributed by atoms with van der Waals surface area (Å²) in [5, 5.41) is 0. The molecule has 0 aromatic heterocycles. The lowest BCUT2D eigenvalue weighted by atomic mass is 9.99. The van der Waals surface area contributed by atoms with Crippen molar-refractivity contribution < 1.29 is 9.53 Å². The van der Waals surface area contributed by atoms with E-state index < -0.39 is 0 Å². The Morgan fingerprint density at radius 3 is 2.74 bits per heavy atom. The lowest BCUT2D eigenvalue weighted by Crippen LogP contribution is -2.35. The highest BCUT2D eigenvalue weighted by molar-refractivity contribution is 5.80. The van der Waals surface area contributed by atoms with Crippen molar-refractivity contribution in [1.29, 1.82) is 0 Å². The molecule has 0 saturated carbocycles. The van der Waals surface area contributed by atoms with Gasteiger partial charge in [0.05, 0.1) is 6.42 Å². The first-order chi connectivity index (χ1) is 9.16. The van der Waals surface area contributed by atoms with Crippen molar-refractivity contribution in [3.8, 4) is 0 Å². The minimum absolute atomic E-state index is 0.129. The van der Waals surface area contributed by atoms with E-state index in [2.05, 4.69) is 0 Å². The molecule has 19 heavy (non-hydrogen) atoms. The van der Waals surface area contributed by atoms with Crippen LogP contribution in [-0.2, 0) is 16.0 Å². The van der Waals surface area contributed by atoms with E-state index in [1.807, 2.05) is 36.2 Å². The first-order valence-electron chi connectivity index (χ1n) is 6.82. The van der Waals surface area contributed by atoms with Gasteiger partial charge in [0.2, 0.25) is 5.91 Å². The molecule has 4 heteroatoms. The Balaban J connectivity index is 1.87. The molecule has 1 saturated heterocycles. The fraction of sp³-hybridized carbons (Fsp3) is 0.533. The highest BCUT2D eigenvalue weighted by Crippen LogP contribution is 2.17. The zero-order valence-corrected chi connectivity index (χ0v) is 11.5. The third kappa shape index (κ3) is 3.96. The van der Waals surface area contributed by atoms with Crippen LogP contribution in [0.4, 0.5) is 5.69 Å². The lowest BCUT2D eigenvalue weighted by Gasteiger charge is -2.27. The van der Waals surface area contributed by atoms with Gasteiger partial charge in [0.25, 0.3) is 0 Å². The molecule has 1 amide bonds. The average molecular weight is 262 g/mol. The maximum atomic E-state index is 12.2. The number of amides is 1. The number of carbonyl (C=O) groups excluding carboxylic acids is 1. The summed E-state index contributed by atoms with van der Waals surface area (Å²) in [6.45, 7) is 2.45. The molecule has 0 bridgehead atoms. The van der Waals surface area contributed by atoms with Crippen LogP contribution in [0.5, 0.6) is 0 Å². The lowest BCUT2D eigenvalue weighted by molar-refractivity contribution is -0.130. The van der Waals surface area contributed by atoms with Crippen LogP contribution in [0.2, 0.25) is 0 Å². The summed E-state index contributed by atoms with van der Waals surface area (Å²) in [5.74, 6) is 0.695. The van der Waals surface area contributed by atoms with E-state index in [-0.39, 0.29) is 5.91 Å². The summed E-state index contributed by atoms with van der Waals surface area (Å²) in [7, 11) is 1.87. The number of nitrogens with zero attached hydrogens (tertiary/aromatic N) is 1. The number of benzene rings is 1. The predicted molar refractivity (Wildman–Crippen MR) is 75.7 cm³/mol. The minimum Gasteiger partial charge on any atom is -0.398 e. The minimum atomic E-state index is 0.129. The highest BCUT2D eigenvalue weighted by atomic mass is 16.5. The maximum Gasteiger partial charge on any atom is 0.226 e. The van der Waals surface area contributed by atoms with Crippen molar-refractivity contribution in [2.75, 3.05) is 32.5 Å². The van der Waals surface area contributed by atoms with E-state index in [0.29, 0.717) is 18.0 Å². The molecule has 1 heterocycles. The smallest absolute Gasteiger partial charge is 0.226 e. The second-order valence-electron chi connectivity index (χ2n) is 5.21. The molecule has 1 aliphatic heterocycles. The number of likely N-dealkylation sites (N-methyl/N-ethyl adjacent to an activating group) is 1. The summed E-state index contributed by atoms with van der Waals surface area (Å²) >= 11 is 0. The van der Waals surface area contributed by atoms with Gasteiger partial charge >= 0.3 is 0 Å². The van der Waals surface area contributed by atoms with Crippen LogP contribution >= 0.6 is 0 Å². The van der Waals surface area contributed by atoms with Crippen molar-refractivity contribution >= 4 is 11.6 Å². The Hall–Kier alpha value is -1.55. The number of carbonyl (C=O) groups is 1. The van der Waals surface area contributed by atoms with Crippen LogP contribution in [0.3, 0.4) is 0 Å². The highest BCUT2D eigenvalue weighted by Gasteiger charge is 2.19. The Bertz CT molecular complexity index is 428. The maximum absolute atomic E-state index is 12.2. The quantitative estimate of drug-likeness (QED) is 0.840. The molecular formula is C15H22N2O2. The Kier molecular flexibility index (Phi) is 4.80. The van der Waals surface area contributed by atoms with Crippen molar-refractivity contribution in [2.24, 2.45) is 5.92 Å². The van der Waals surface area contributed by atoms with Crippen LogP contribution in [-0.4, -0.2) is 37.6 Å². The number of hydrogen-bond donors (Lipinski definition) is 1. The summed E-state index contributed by atoms with van der Waals surface area (Å²) < 4.78 is 5.33. The van der Waals surface area contributed by atoms with Gasteiger partial charge in [-0.05, 0) is 30.4 Å². The van der Waals surface area contributed by atoms with Gasteiger partial charge < -0.3 is 15.4 Å². The number of rotatable bonds is 4. The van der Waals surface area contributed by atoms with Gasteiger partial charge in [-0.15, -0.1) is 0 Å². The van der Waals surface area contributed by atoms with Crippen LogP contribution < -0.4 is 5.73 Å². The summed E-state index contributed by atoms with van der Waals surface area (Å²) in [4.78, 5) is 14.0. The number of nitrogens with two attached hydrogens (primary N) is 1. The molecule has 0 unspecified atom stereocenters. The zero-order chi connectivity index (χ0) is 13.7. The zero-order valence-electron chi connectivity index (χ0n) is 11.5. The van der Waals surface area contributed by atoms with Crippen LogP contribution in [0.1, 0.15) is 18.4 Å². The molecule has 0 radical (unpaired) electrons. The van der Waals surface area contributed by atoms with E-state index in [9.17, 15) is 4.79 Å². The van der Waals surface area contributed by atoms with Crippen LogP contribution in [0.15, 0.2) is 24.3 Å². The van der Waals surface area contributed by atoms with Gasteiger partial charge in [-0.25, -0.2) is 0 Å². The first-order valence-corrected chi connectivity index (χ1v) is 6.82. The molecule has 1 aliphatic rings. The molecule has 2 N–H and O–H groups in total. The monoisotopic (exact) mass is 262 g/mol. The first kappa shape index (κ1) is 13.9. The number of ether oxygens (including phenoxy) is 1. The van der Waals surface area contributed by atoms with Crippen LogP contribution in [0, 0.1) is 5.92 Å². The van der Waals surface area contributed by atoms with Gasteiger partial charge in [0.1, 0.15) is 0 Å². The standard InChI is InChI=1S/C15H22N2O2/c1-17(11-12-6-8-19-9-7-12)15(18)10-13-4-2-3-5-14(13)16/h2-5,12H,6-11,16H2,1H3. The molecule has 1 fully saturated rings. The SMILES string of the molecule is CN(CC1CCOCC1)C(=O)Cc1ccccc1N. The van der Waals surface area contributed by atoms with E-state index in [4.69, 9.17) is 10.5 Å². The molecular weight excluding hydrogens is 240 g/mol. The third-order valence-electron chi connectivity index (χ3n) is 3.70. The summed E-state index contributed by atoms with van der Waals surface area (Å²) in [5.41, 5.74) is 7.46. The van der Waals surface area contributed by atoms with Crippen LogP contribution in [0.25, 0.3) is 0 Å². The second kappa shape index (κ2) is 6.57. The van der Waals surface area contributed by atoms with E-state index in [1.165, 1.54) is 0 Å². The molecule has 1 aromatic rings. The average Bonchev–Trinajstić information content (AvgIpc) is 2.42. The fourth-order valence-corrected chi connectivity index (χ4v) is 2.41. The van der Waals surface area contributed by atoms with Crippen molar-refractivity contribution in [3.63, 3.8) is 0 Å². The van der Waals surface area contributed by atoms with E-state index in [1.54, 1.807) is 0 Å². The molecule has 0 aliphatic carbocycles. The Morgan fingerprint density at radius 1 is 1.37 bits per heavy atom. The van der Waals surface area contributed by atoms with Crippen molar-refractivity contribution in [2.45, 2.75) is 19.3 Å². The van der Waals surface area contributed by atoms with Crippen molar-refractivity contribution in [3.05, 3.63) is 29.8 Å². The Labute approximate surface area is 114 Å². The molecule has 1 aromatic carbocycles. The second-order valence-corrected chi connectivity index (χ2v) is 5.21. The number of anilines is 1. The number of para-hydroxylation sites is 1. The van der Waals surface area contributed by atoms with Gasteiger partial charge in [0.15, 0.2) is 0 Å².